The number of hydrogen-bond acceptors (Lipinski definition) is 6. The van der Waals surface area contributed by atoms with Crippen LogP contribution in [-0.2, 0) is 23.3 Å². The molecule has 0 unspecified atom stereocenters. The van der Waals surface area contributed by atoms with Crippen molar-refractivity contribution in [1.82, 2.24) is 15.5 Å². The first kappa shape index (κ1) is 21.3. The molecule has 2 aromatic carbocycles. The molecule has 3 heterocycles. The van der Waals surface area contributed by atoms with Gasteiger partial charge >= 0.3 is 6.03 Å². The summed E-state index contributed by atoms with van der Waals surface area (Å²) in [4.78, 5) is 51.6. The molecule has 1 aliphatic carbocycles. The van der Waals surface area contributed by atoms with Crippen molar-refractivity contribution in [3.8, 4) is 5.75 Å². The van der Waals surface area contributed by atoms with E-state index < -0.39 is 41.6 Å². The van der Waals surface area contributed by atoms with Gasteiger partial charge in [0.25, 0.3) is 11.8 Å². The van der Waals surface area contributed by atoms with Crippen molar-refractivity contribution in [2.24, 2.45) is 0 Å². The maximum Gasteiger partial charge on any atom is 0.322 e. The van der Waals surface area contributed by atoms with Gasteiger partial charge in [-0.25, -0.2) is 13.6 Å². The number of urea groups is 1. The van der Waals surface area contributed by atoms with E-state index in [1.807, 2.05) is 0 Å². The number of Topliss-reactive ketones (excluding diaryl/α,β-unsaturated/α-hetero) is 1. The van der Waals surface area contributed by atoms with Crippen LogP contribution < -0.4 is 15.4 Å². The summed E-state index contributed by atoms with van der Waals surface area (Å²) in [5.74, 6) is -3.44. The number of rotatable bonds is 4. The number of carbonyl (C=O) groups excluding carboxylic acids is 4. The zero-order valence-electron chi connectivity index (χ0n) is 18.3. The summed E-state index contributed by atoms with van der Waals surface area (Å²) >= 11 is 0. The third-order valence-electron chi connectivity index (χ3n) is 6.82. The lowest BCUT2D eigenvalue weighted by molar-refractivity contribution is -0.125. The molecule has 1 fully saturated rings. The Morgan fingerprint density at radius 2 is 1.91 bits per heavy atom. The Morgan fingerprint density at radius 3 is 2.63 bits per heavy atom. The summed E-state index contributed by atoms with van der Waals surface area (Å²) in [6.45, 7) is -0.433. The molecule has 1 aromatic heterocycles. The molecule has 6 rings (SSSR count). The Labute approximate surface area is 196 Å². The highest BCUT2D eigenvalue weighted by Gasteiger charge is 2.53. The first-order chi connectivity index (χ1) is 16.7. The number of nitrogens with one attached hydrogen (secondary N) is 2. The second-order valence-corrected chi connectivity index (χ2v) is 8.76. The van der Waals surface area contributed by atoms with E-state index in [1.165, 1.54) is 30.2 Å². The van der Waals surface area contributed by atoms with Gasteiger partial charge in [-0.1, -0.05) is 6.07 Å². The van der Waals surface area contributed by atoms with Crippen molar-refractivity contribution in [2.45, 2.75) is 24.9 Å². The topological polar surface area (TPSA) is 118 Å². The predicted octanol–water partition coefficient (Wildman–Crippen LogP) is 2.54. The van der Waals surface area contributed by atoms with Crippen molar-refractivity contribution >= 4 is 34.6 Å². The van der Waals surface area contributed by atoms with E-state index in [4.69, 9.17) is 9.15 Å². The normalized spacial score (nSPS) is 20.9. The van der Waals surface area contributed by atoms with Crippen LogP contribution in [0.2, 0.25) is 0 Å². The average Bonchev–Trinajstić information content (AvgIpc) is 3.56. The van der Waals surface area contributed by atoms with Gasteiger partial charge in [0.15, 0.2) is 34.3 Å². The van der Waals surface area contributed by atoms with Crippen LogP contribution >= 0.6 is 0 Å². The summed E-state index contributed by atoms with van der Waals surface area (Å²) in [5, 5.41) is 4.87. The summed E-state index contributed by atoms with van der Waals surface area (Å²) in [6, 6.07) is 4.98. The van der Waals surface area contributed by atoms with Gasteiger partial charge in [0.2, 0.25) is 0 Å². The molecule has 4 amide bonds. The molecule has 9 nitrogen and oxygen atoms in total. The van der Waals surface area contributed by atoms with Gasteiger partial charge in [0, 0.05) is 29.5 Å². The average molecular weight is 481 g/mol. The summed E-state index contributed by atoms with van der Waals surface area (Å²) in [7, 11) is 1.28. The Hall–Kier alpha value is -4.28. The van der Waals surface area contributed by atoms with Gasteiger partial charge in [-0.2, -0.15) is 0 Å². The summed E-state index contributed by atoms with van der Waals surface area (Å²) < 4.78 is 40.6. The number of ether oxygens (including phenoxy) is 1. The van der Waals surface area contributed by atoms with Crippen LogP contribution in [0.15, 0.2) is 28.7 Å². The molecule has 178 valence electrons. The maximum absolute atomic E-state index is 15.2. The number of amides is 4. The fraction of sp³-hybridized carbons (Fsp3) is 0.250. The minimum absolute atomic E-state index is 0.0304. The van der Waals surface area contributed by atoms with E-state index in [-0.39, 0.29) is 64.3 Å². The summed E-state index contributed by atoms with van der Waals surface area (Å²) in [5.41, 5.74) is -1.35. The number of fused-ring (bicyclic) bond motifs is 3. The van der Waals surface area contributed by atoms with Crippen molar-refractivity contribution in [2.75, 3.05) is 13.7 Å². The van der Waals surface area contributed by atoms with E-state index in [0.717, 1.165) is 0 Å². The molecule has 35 heavy (non-hydrogen) atoms. The number of ketones is 1. The quantitative estimate of drug-likeness (QED) is 0.553. The highest BCUT2D eigenvalue weighted by molar-refractivity contribution is 6.09. The lowest BCUT2D eigenvalue weighted by atomic mass is 9.95. The van der Waals surface area contributed by atoms with E-state index in [2.05, 4.69) is 10.6 Å². The SMILES string of the molecule is COc1ccc2c(c1F)C(=O)N(C[C@@]1(c3cc4cc5c(c(F)c4o3)CCC5=O)NC(=O)NC1=O)C2. The van der Waals surface area contributed by atoms with Gasteiger partial charge in [-0.3, -0.25) is 19.7 Å². The molecule has 1 saturated heterocycles. The fourth-order valence-electron chi connectivity index (χ4n) is 5.08. The number of imide groups is 1. The highest BCUT2D eigenvalue weighted by Crippen LogP contribution is 2.38. The Kier molecular flexibility index (Phi) is 4.32. The van der Waals surface area contributed by atoms with E-state index in [1.54, 1.807) is 6.07 Å². The number of nitrogens with zero attached hydrogens (tertiary/aromatic N) is 1. The van der Waals surface area contributed by atoms with Crippen LogP contribution in [0.5, 0.6) is 5.75 Å². The molecule has 0 bridgehead atoms. The van der Waals surface area contributed by atoms with Gasteiger partial charge < -0.3 is 19.4 Å². The first-order valence-corrected chi connectivity index (χ1v) is 10.8. The van der Waals surface area contributed by atoms with E-state index in [0.29, 0.717) is 5.56 Å². The van der Waals surface area contributed by atoms with Crippen LogP contribution in [0.1, 0.15) is 44.0 Å². The van der Waals surface area contributed by atoms with Crippen LogP contribution in [0.25, 0.3) is 11.0 Å². The lowest BCUT2D eigenvalue weighted by Crippen LogP contribution is -2.52. The van der Waals surface area contributed by atoms with Crippen LogP contribution in [0.4, 0.5) is 13.6 Å². The molecular formula is C24H17F2N3O6. The number of benzene rings is 2. The monoisotopic (exact) mass is 481 g/mol. The molecule has 0 radical (unpaired) electrons. The summed E-state index contributed by atoms with van der Waals surface area (Å²) in [6.07, 6.45) is 0.441. The zero-order valence-corrected chi connectivity index (χ0v) is 18.3. The largest absolute Gasteiger partial charge is 0.494 e. The third kappa shape index (κ3) is 2.84. The lowest BCUT2D eigenvalue weighted by Gasteiger charge is -2.29. The Balaban J connectivity index is 1.44. The minimum atomic E-state index is -1.89. The fourth-order valence-corrected chi connectivity index (χ4v) is 5.08. The molecule has 3 aromatic rings. The van der Waals surface area contributed by atoms with Crippen LogP contribution in [-0.4, -0.2) is 42.2 Å². The molecule has 2 N–H and O–H groups in total. The highest BCUT2D eigenvalue weighted by atomic mass is 19.1. The van der Waals surface area contributed by atoms with Crippen LogP contribution in [0, 0.1) is 11.6 Å². The van der Waals surface area contributed by atoms with Crippen molar-refractivity contribution < 1.29 is 37.1 Å². The van der Waals surface area contributed by atoms with Crippen molar-refractivity contribution in [1.29, 1.82) is 0 Å². The van der Waals surface area contributed by atoms with Gasteiger partial charge in [0.05, 0.1) is 19.2 Å². The molecule has 3 aliphatic rings. The number of carbonyl (C=O) groups is 4. The van der Waals surface area contributed by atoms with Crippen LogP contribution in [0.3, 0.4) is 0 Å². The molecule has 0 spiro atoms. The zero-order chi connectivity index (χ0) is 24.6. The molecule has 1 atom stereocenters. The Bertz CT molecular complexity index is 1510. The molecular weight excluding hydrogens is 464 g/mol. The number of methoxy groups -OCH3 is 1. The van der Waals surface area contributed by atoms with Gasteiger partial charge in [-0.15, -0.1) is 0 Å². The first-order valence-electron chi connectivity index (χ1n) is 10.8. The Morgan fingerprint density at radius 1 is 1.11 bits per heavy atom. The second kappa shape index (κ2) is 7.11. The van der Waals surface area contributed by atoms with E-state index >= 15 is 4.39 Å². The minimum Gasteiger partial charge on any atom is -0.494 e. The van der Waals surface area contributed by atoms with Crippen molar-refractivity contribution in [3.05, 3.63) is 63.9 Å². The third-order valence-corrected chi connectivity index (χ3v) is 6.82. The smallest absolute Gasteiger partial charge is 0.322 e. The molecule has 2 aliphatic heterocycles. The second-order valence-electron chi connectivity index (χ2n) is 8.76. The van der Waals surface area contributed by atoms with Crippen molar-refractivity contribution in [3.63, 3.8) is 0 Å². The van der Waals surface area contributed by atoms with Gasteiger partial charge in [-0.05, 0) is 30.2 Å². The molecule has 11 heteroatoms. The van der Waals surface area contributed by atoms with E-state index in [9.17, 15) is 23.6 Å². The number of hydrogen-bond donors (Lipinski definition) is 2. The molecule has 0 saturated carbocycles. The maximum atomic E-state index is 15.2. The number of furan rings is 1. The number of halogens is 2. The predicted molar refractivity (Wildman–Crippen MR) is 115 cm³/mol. The van der Waals surface area contributed by atoms with Gasteiger partial charge in [0.1, 0.15) is 5.76 Å². The standard InChI is InChI=1S/C24H17F2N3O6/c1-34-15-5-2-10-8-29(21(31)17(10)19(15)26)9-24(22(32)27-23(33)28-24)16-7-11-6-13-12(3-4-14(13)30)18(25)20(11)35-16/h2,5-7H,3-4,8-9H2,1H3,(H2,27,28,32,33)/t24-/m0/s1.